The van der Waals surface area contributed by atoms with Crippen LogP contribution in [0.5, 0.6) is 11.5 Å². The Hall–Kier alpha value is -3.87. The summed E-state index contributed by atoms with van der Waals surface area (Å²) < 4.78 is 25.5. The van der Waals surface area contributed by atoms with Gasteiger partial charge in [0.2, 0.25) is 11.8 Å². The van der Waals surface area contributed by atoms with Crippen LogP contribution >= 0.6 is 0 Å². The average Bonchev–Trinajstić information content (AvgIpc) is 2.93. The van der Waals surface area contributed by atoms with E-state index in [4.69, 9.17) is 9.47 Å². The van der Waals surface area contributed by atoms with Gasteiger partial charge in [-0.1, -0.05) is 67.8 Å². The Kier molecular flexibility index (Phi) is 8.43. The van der Waals surface area contributed by atoms with Gasteiger partial charge in [0, 0.05) is 18.2 Å². The first-order chi connectivity index (χ1) is 18.0. The van der Waals surface area contributed by atoms with E-state index in [1.165, 1.54) is 13.2 Å². The first-order valence-corrected chi connectivity index (χ1v) is 12.6. The molecule has 1 aliphatic rings. The number of rotatable bonds is 9. The lowest BCUT2D eigenvalue weighted by Gasteiger charge is -2.45. The molecule has 7 heteroatoms. The van der Waals surface area contributed by atoms with Gasteiger partial charge >= 0.3 is 0 Å². The van der Waals surface area contributed by atoms with Crippen LogP contribution in [0, 0.1) is 5.82 Å². The minimum absolute atomic E-state index is 0.00546. The van der Waals surface area contributed by atoms with E-state index in [2.05, 4.69) is 5.32 Å². The number of carbonyl (C=O) groups excluding carboxylic acids is 2. The third kappa shape index (κ3) is 5.93. The molecule has 0 spiro atoms. The van der Waals surface area contributed by atoms with Gasteiger partial charge in [0.1, 0.15) is 22.9 Å². The van der Waals surface area contributed by atoms with E-state index in [0.29, 0.717) is 35.6 Å². The lowest BCUT2D eigenvalue weighted by Crippen LogP contribution is -2.60. The summed E-state index contributed by atoms with van der Waals surface area (Å²) >= 11 is 0. The molecule has 0 radical (unpaired) electrons. The van der Waals surface area contributed by atoms with Crippen molar-refractivity contribution in [1.82, 2.24) is 4.90 Å². The van der Waals surface area contributed by atoms with Crippen molar-refractivity contribution in [3.8, 4) is 11.5 Å². The second kappa shape index (κ2) is 11.9. The molecule has 1 fully saturated rings. The summed E-state index contributed by atoms with van der Waals surface area (Å²) in [4.78, 5) is 29.6. The molecular weight excluding hydrogens is 471 g/mol. The van der Waals surface area contributed by atoms with Crippen molar-refractivity contribution in [2.45, 2.75) is 50.6 Å². The van der Waals surface area contributed by atoms with Gasteiger partial charge in [-0.05, 0) is 36.6 Å². The number of anilines is 1. The second-order valence-electron chi connectivity index (χ2n) is 9.35. The van der Waals surface area contributed by atoms with Gasteiger partial charge in [-0.3, -0.25) is 9.59 Å². The fourth-order valence-corrected chi connectivity index (χ4v) is 5.04. The molecule has 1 aliphatic carbocycles. The summed E-state index contributed by atoms with van der Waals surface area (Å²) in [7, 11) is 3.08. The van der Waals surface area contributed by atoms with Gasteiger partial charge in [0.25, 0.3) is 0 Å². The first-order valence-electron chi connectivity index (χ1n) is 12.6. The van der Waals surface area contributed by atoms with Crippen molar-refractivity contribution in [1.29, 1.82) is 0 Å². The van der Waals surface area contributed by atoms with Gasteiger partial charge < -0.3 is 19.7 Å². The number of benzene rings is 3. The fraction of sp³-hybridized carbons (Fsp3) is 0.333. The molecule has 0 unspecified atom stereocenters. The van der Waals surface area contributed by atoms with E-state index in [0.717, 1.165) is 24.8 Å². The normalized spacial score (nSPS) is 14.5. The molecule has 0 heterocycles. The zero-order chi connectivity index (χ0) is 26.3. The number of nitrogens with zero attached hydrogens (tertiary/aromatic N) is 1. The molecule has 4 rings (SSSR count). The van der Waals surface area contributed by atoms with Crippen LogP contribution < -0.4 is 14.8 Å². The highest BCUT2D eigenvalue weighted by Gasteiger charge is 2.47. The molecule has 1 saturated carbocycles. The van der Waals surface area contributed by atoms with E-state index in [9.17, 15) is 14.0 Å². The molecule has 0 saturated heterocycles. The lowest BCUT2D eigenvalue weighted by atomic mass is 9.78. The third-order valence-corrected chi connectivity index (χ3v) is 7.06. The van der Waals surface area contributed by atoms with Gasteiger partial charge in [-0.25, -0.2) is 4.39 Å². The second-order valence-corrected chi connectivity index (χ2v) is 9.35. The summed E-state index contributed by atoms with van der Waals surface area (Å²) in [6.45, 7) is 0.00546. The lowest BCUT2D eigenvalue weighted by molar-refractivity contribution is -0.148. The van der Waals surface area contributed by atoms with Crippen molar-refractivity contribution in [2.75, 3.05) is 19.5 Å². The minimum atomic E-state index is -1.13. The van der Waals surface area contributed by atoms with Gasteiger partial charge in [-0.15, -0.1) is 0 Å². The monoisotopic (exact) mass is 504 g/mol. The average molecular weight is 505 g/mol. The summed E-state index contributed by atoms with van der Waals surface area (Å²) in [6, 6.07) is 21.0. The van der Waals surface area contributed by atoms with Crippen LogP contribution in [-0.4, -0.2) is 36.5 Å². The van der Waals surface area contributed by atoms with E-state index in [1.54, 1.807) is 48.4 Å². The molecule has 0 aliphatic heterocycles. The highest BCUT2D eigenvalue weighted by Crippen LogP contribution is 2.38. The van der Waals surface area contributed by atoms with Crippen LogP contribution in [0.15, 0.2) is 72.8 Å². The number of halogens is 1. The maximum Gasteiger partial charge on any atom is 0.250 e. The minimum Gasteiger partial charge on any atom is -0.497 e. The van der Waals surface area contributed by atoms with Crippen molar-refractivity contribution in [3.63, 3.8) is 0 Å². The van der Waals surface area contributed by atoms with Crippen LogP contribution in [-0.2, 0) is 22.6 Å². The number of ether oxygens (including phenoxy) is 2. The highest BCUT2D eigenvalue weighted by atomic mass is 19.1. The fourth-order valence-electron chi connectivity index (χ4n) is 5.04. The number of hydrogen-bond donors (Lipinski definition) is 1. The number of nitrogens with one attached hydrogen (secondary N) is 1. The quantitative estimate of drug-likeness (QED) is 0.403. The van der Waals surface area contributed by atoms with Gasteiger partial charge in [0.15, 0.2) is 0 Å². The van der Waals surface area contributed by atoms with Crippen LogP contribution in [0.1, 0.15) is 43.2 Å². The standard InChI is InChI=1S/C30H33FN2O4/c1-36-24-15-16-26(27(20-24)37-2)32-29(35)30(17-9-4-10-18-30)33(21-23-13-7-8-14-25(23)31)28(34)19-22-11-5-3-6-12-22/h3,5-8,11-16,20H,4,9-10,17-19,21H2,1-2H3,(H,32,35). The van der Waals surface area contributed by atoms with Gasteiger partial charge in [0.05, 0.1) is 26.3 Å². The van der Waals surface area contributed by atoms with Crippen molar-refractivity contribution < 1.29 is 23.5 Å². The molecule has 2 amide bonds. The molecule has 0 bridgehead atoms. The van der Waals surface area contributed by atoms with Crippen molar-refractivity contribution >= 4 is 17.5 Å². The molecule has 1 N–H and O–H groups in total. The van der Waals surface area contributed by atoms with Crippen LogP contribution in [0.3, 0.4) is 0 Å². The predicted molar refractivity (Wildman–Crippen MR) is 141 cm³/mol. The molecule has 37 heavy (non-hydrogen) atoms. The van der Waals surface area contributed by atoms with E-state index < -0.39 is 11.4 Å². The Morgan fingerprint density at radius 3 is 2.30 bits per heavy atom. The molecule has 0 aromatic heterocycles. The van der Waals surface area contributed by atoms with E-state index in [-0.39, 0.29) is 24.8 Å². The molecule has 3 aromatic carbocycles. The Bertz CT molecular complexity index is 1230. The summed E-state index contributed by atoms with van der Waals surface area (Å²) in [6.07, 6.45) is 3.66. The SMILES string of the molecule is COc1ccc(NC(=O)C2(N(Cc3ccccc3F)C(=O)Cc3ccccc3)CCCCC2)c(OC)c1. The summed E-state index contributed by atoms with van der Waals surface area (Å²) in [5.41, 5.74) is 0.578. The smallest absolute Gasteiger partial charge is 0.250 e. The topological polar surface area (TPSA) is 67.9 Å². The third-order valence-electron chi connectivity index (χ3n) is 7.06. The Morgan fingerprint density at radius 1 is 0.919 bits per heavy atom. The molecule has 3 aromatic rings. The Morgan fingerprint density at radius 2 is 1.62 bits per heavy atom. The van der Waals surface area contributed by atoms with Crippen LogP contribution in [0.4, 0.5) is 10.1 Å². The zero-order valence-electron chi connectivity index (χ0n) is 21.3. The zero-order valence-corrected chi connectivity index (χ0v) is 21.3. The number of carbonyl (C=O) groups is 2. The summed E-state index contributed by atoms with van der Waals surface area (Å²) in [5.74, 6) is 0.140. The van der Waals surface area contributed by atoms with Crippen LogP contribution in [0.25, 0.3) is 0 Å². The molecule has 0 atom stereocenters. The first kappa shape index (κ1) is 26.2. The number of hydrogen-bond acceptors (Lipinski definition) is 4. The summed E-state index contributed by atoms with van der Waals surface area (Å²) in [5, 5.41) is 3.02. The maximum atomic E-state index is 14.8. The molecule has 194 valence electrons. The van der Waals surface area contributed by atoms with Crippen molar-refractivity contribution in [3.05, 3.63) is 89.7 Å². The van der Waals surface area contributed by atoms with E-state index >= 15 is 0 Å². The highest BCUT2D eigenvalue weighted by molar-refractivity contribution is 6.01. The molecular formula is C30H33FN2O4. The number of amides is 2. The Balaban J connectivity index is 1.72. The van der Waals surface area contributed by atoms with Crippen molar-refractivity contribution in [2.24, 2.45) is 0 Å². The number of methoxy groups -OCH3 is 2. The Labute approximate surface area is 217 Å². The largest absolute Gasteiger partial charge is 0.497 e. The van der Waals surface area contributed by atoms with Gasteiger partial charge in [-0.2, -0.15) is 0 Å². The predicted octanol–water partition coefficient (Wildman–Crippen LogP) is 5.76. The van der Waals surface area contributed by atoms with Crippen LogP contribution in [0.2, 0.25) is 0 Å². The molecule has 6 nitrogen and oxygen atoms in total. The maximum absolute atomic E-state index is 14.8. The van der Waals surface area contributed by atoms with E-state index in [1.807, 2.05) is 30.3 Å².